The SMILES string of the molecule is CC(C)CC(=O)c1c(C(=O)O)c(C(=O)Nc2cc(C(C)C)cc(C(C)C)c2)c(C(=O)O)c(C(=O)NC(C)C)c1C(=O)O.CC(C)CC(=O)c1cc2c(cc1C(=O)O)c1cc(C(=O)O)c(C(=O)Nc3ccc4cc(C(C)C)ccc4c3)cc1c1cc(C(=O)NC(C)C)c(C(=O)O)cc21. The second-order valence-corrected chi connectivity index (χ2v) is 26.3. The number of benzene rings is 8. The number of hydrogen-bond acceptors (Lipinski definition) is 12. The van der Waals surface area contributed by atoms with Crippen molar-refractivity contribution >= 4 is 125 Å². The molecule has 506 valence electrons. The van der Waals surface area contributed by atoms with Crippen molar-refractivity contribution in [3.8, 4) is 0 Å². The zero-order valence-corrected chi connectivity index (χ0v) is 56.2. The van der Waals surface area contributed by atoms with Crippen LogP contribution in [0.2, 0.25) is 0 Å². The fourth-order valence-corrected chi connectivity index (χ4v) is 11.5. The number of nitrogens with one attached hydrogen (secondary N) is 4. The molecule has 0 aliphatic heterocycles. The number of carboxylic acid groups (broad SMARTS) is 6. The predicted octanol–water partition coefficient (Wildman–Crippen LogP) is 14.8. The van der Waals surface area contributed by atoms with Gasteiger partial charge in [0, 0.05) is 47.4 Å². The highest BCUT2D eigenvalue weighted by molar-refractivity contribution is 6.31. The summed E-state index contributed by atoms with van der Waals surface area (Å²) in [5.41, 5.74) is -4.28. The molecule has 0 aliphatic carbocycles. The van der Waals surface area contributed by atoms with Gasteiger partial charge in [-0.2, -0.15) is 0 Å². The molecule has 4 amide bonds. The maximum absolute atomic E-state index is 14.0. The van der Waals surface area contributed by atoms with E-state index in [-0.39, 0.29) is 114 Å². The van der Waals surface area contributed by atoms with Gasteiger partial charge in [0.05, 0.1) is 55.6 Å². The Kier molecular flexibility index (Phi) is 22.4. The van der Waals surface area contributed by atoms with Crippen LogP contribution in [0.15, 0.2) is 91.0 Å². The maximum atomic E-state index is 14.0. The van der Waals surface area contributed by atoms with E-state index in [1.54, 1.807) is 52.0 Å². The number of rotatable bonds is 23. The third-order valence-corrected chi connectivity index (χ3v) is 16.1. The highest BCUT2D eigenvalue weighted by atomic mass is 16.4. The molecule has 0 spiro atoms. The van der Waals surface area contributed by atoms with E-state index in [1.165, 1.54) is 50.2 Å². The van der Waals surface area contributed by atoms with Gasteiger partial charge in [-0.3, -0.25) is 28.8 Å². The van der Waals surface area contributed by atoms with Gasteiger partial charge in [-0.15, -0.1) is 0 Å². The van der Waals surface area contributed by atoms with Crippen molar-refractivity contribution < 1.29 is 88.2 Å². The summed E-state index contributed by atoms with van der Waals surface area (Å²) in [6.45, 7) is 25.3. The topological polar surface area (TPSA) is 374 Å². The average Bonchev–Trinajstić information content (AvgIpc) is 0.729. The van der Waals surface area contributed by atoms with Crippen LogP contribution in [0.25, 0.3) is 43.1 Å². The van der Waals surface area contributed by atoms with Crippen molar-refractivity contribution in [3.63, 3.8) is 0 Å². The van der Waals surface area contributed by atoms with E-state index in [0.29, 0.717) is 11.6 Å². The number of fused-ring (bicyclic) bond motifs is 7. The number of carbonyl (C=O) groups excluding carboxylic acids is 6. The number of aromatic carboxylic acids is 6. The minimum absolute atomic E-state index is 0.0367. The van der Waals surface area contributed by atoms with Crippen molar-refractivity contribution in [2.24, 2.45) is 11.8 Å². The average molecular weight is 1320 g/mol. The summed E-state index contributed by atoms with van der Waals surface area (Å²) in [5, 5.41) is 75.4. The molecule has 0 atom stereocenters. The minimum Gasteiger partial charge on any atom is -0.478 e. The van der Waals surface area contributed by atoms with Crippen LogP contribution in [-0.2, 0) is 0 Å². The zero-order valence-electron chi connectivity index (χ0n) is 56.2. The number of amides is 4. The van der Waals surface area contributed by atoms with E-state index < -0.39 is 110 Å². The Hall–Kier alpha value is -11.2. The van der Waals surface area contributed by atoms with E-state index >= 15 is 0 Å². The second-order valence-electron chi connectivity index (χ2n) is 26.3. The lowest BCUT2D eigenvalue weighted by atomic mass is 9.82. The normalized spacial score (nSPS) is 11.4. The number of Topliss-reactive ketones (excluding diaryl/α,β-unsaturated/α-hetero) is 2. The van der Waals surface area contributed by atoms with Crippen molar-refractivity contribution in [2.75, 3.05) is 10.6 Å². The Morgan fingerprint density at radius 3 is 1.06 bits per heavy atom. The van der Waals surface area contributed by atoms with Crippen LogP contribution in [0.4, 0.5) is 11.4 Å². The molecule has 0 saturated carbocycles. The first-order valence-electron chi connectivity index (χ1n) is 31.5. The lowest BCUT2D eigenvalue weighted by Crippen LogP contribution is -2.36. The van der Waals surface area contributed by atoms with E-state index in [4.69, 9.17) is 0 Å². The third-order valence-electron chi connectivity index (χ3n) is 16.1. The predicted molar refractivity (Wildman–Crippen MR) is 368 cm³/mol. The van der Waals surface area contributed by atoms with Gasteiger partial charge in [-0.05, 0) is 178 Å². The van der Waals surface area contributed by atoms with Crippen LogP contribution in [-0.4, -0.2) is 114 Å². The molecule has 0 fully saturated rings. The molecule has 0 bridgehead atoms. The van der Waals surface area contributed by atoms with Gasteiger partial charge in [0.25, 0.3) is 23.6 Å². The maximum Gasteiger partial charge on any atom is 0.337 e. The van der Waals surface area contributed by atoms with E-state index in [0.717, 1.165) is 27.5 Å². The molecule has 0 heterocycles. The molecular weight excluding hydrogens is 1240 g/mol. The summed E-state index contributed by atoms with van der Waals surface area (Å²) >= 11 is 0. The number of hydrogen-bond donors (Lipinski definition) is 10. The van der Waals surface area contributed by atoms with E-state index in [2.05, 4.69) is 41.2 Å². The molecule has 0 radical (unpaired) electrons. The molecule has 10 N–H and O–H groups in total. The lowest BCUT2D eigenvalue weighted by molar-refractivity contribution is 0.0661. The number of anilines is 2. The Morgan fingerprint density at radius 2 is 0.649 bits per heavy atom. The Labute approximate surface area is 558 Å². The largest absolute Gasteiger partial charge is 0.478 e. The summed E-state index contributed by atoms with van der Waals surface area (Å²) < 4.78 is 0. The molecule has 0 saturated heterocycles. The second kappa shape index (κ2) is 29.6. The number of carbonyl (C=O) groups is 12. The fourth-order valence-electron chi connectivity index (χ4n) is 11.5. The lowest BCUT2D eigenvalue weighted by Gasteiger charge is -2.22. The molecule has 22 heteroatoms. The summed E-state index contributed by atoms with van der Waals surface area (Å²) in [6.07, 6.45) is -0.289. The molecule has 0 aromatic heterocycles. The molecule has 22 nitrogen and oxygen atoms in total. The van der Waals surface area contributed by atoms with Gasteiger partial charge >= 0.3 is 35.8 Å². The quantitative estimate of drug-likeness (QED) is 0.0210. The van der Waals surface area contributed by atoms with Gasteiger partial charge in [-0.1, -0.05) is 99.6 Å². The smallest absolute Gasteiger partial charge is 0.337 e. The summed E-state index contributed by atoms with van der Waals surface area (Å²) in [4.78, 5) is 157. The van der Waals surface area contributed by atoms with Gasteiger partial charge < -0.3 is 51.9 Å². The molecule has 0 aliphatic rings. The van der Waals surface area contributed by atoms with Crippen molar-refractivity contribution in [2.45, 2.75) is 140 Å². The van der Waals surface area contributed by atoms with E-state index in [9.17, 15) is 88.2 Å². The van der Waals surface area contributed by atoms with Crippen LogP contribution >= 0.6 is 0 Å². The van der Waals surface area contributed by atoms with Gasteiger partial charge in [0.2, 0.25) is 0 Å². The Morgan fingerprint density at radius 1 is 0.299 bits per heavy atom. The molecular formula is C75H78N4O18. The first-order valence-corrected chi connectivity index (χ1v) is 31.5. The van der Waals surface area contributed by atoms with Gasteiger partial charge in [0.15, 0.2) is 11.6 Å². The Balaban J connectivity index is 0.000000285. The van der Waals surface area contributed by atoms with Crippen molar-refractivity contribution in [1.29, 1.82) is 0 Å². The third kappa shape index (κ3) is 16.0. The monoisotopic (exact) mass is 1320 g/mol. The molecule has 8 rings (SSSR count). The van der Waals surface area contributed by atoms with Crippen molar-refractivity contribution in [1.82, 2.24) is 10.6 Å². The summed E-state index contributed by atoms with van der Waals surface area (Å²) in [6, 6.07) is 23.6. The fraction of sp³-hybridized carbons (Fsp3) is 0.307. The van der Waals surface area contributed by atoms with Gasteiger partial charge in [0.1, 0.15) is 0 Å². The highest BCUT2D eigenvalue weighted by Gasteiger charge is 2.41. The first-order chi connectivity index (χ1) is 45.3. The van der Waals surface area contributed by atoms with Crippen LogP contribution in [0, 0.1) is 11.8 Å². The highest BCUT2D eigenvalue weighted by Crippen LogP contribution is 2.41. The van der Waals surface area contributed by atoms with E-state index in [1.807, 2.05) is 65.8 Å². The molecule has 97 heavy (non-hydrogen) atoms. The standard InChI is InChI=1S/C44H40N2O9.C31H38N2O9/c1-20(2)11-39(47)33-14-27-30(17-36(33)42(50)51)32-19-38(44(54)55)35(41(49)46-26-10-9-24-12-23(21(3)4)7-8-25(24)13-26)16-29(32)28-15-34(40(48)45-22(5)6)37(43(52)53)18-31(27)28;1-13(2)9-20(34)21-24(29(37)38)22(27(35)32-16(7)8)26(31(41)42)23(25(21)30(39)40)28(36)33-19-11-17(14(3)4)10-18(12-19)15(5)6/h7-10,12-22H,11H2,1-6H3,(H,45,48)(H,46,49)(H,50,51)(H,52,53)(H,54,55);10-16H,9H2,1-8H3,(H,32,35)(H,33,36)(H,37,38)(H,39,40)(H,41,42). The number of carboxylic acids is 6. The number of ketones is 2. The van der Waals surface area contributed by atoms with Crippen LogP contribution < -0.4 is 21.3 Å². The van der Waals surface area contributed by atoms with Gasteiger partial charge in [-0.25, -0.2) is 28.8 Å². The van der Waals surface area contributed by atoms with Crippen LogP contribution in [0.5, 0.6) is 0 Å². The summed E-state index contributed by atoms with van der Waals surface area (Å²) in [5.74, 6) is -15.2. The summed E-state index contributed by atoms with van der Waals surface area (Å²) in [7, 11) is 0. The van der Waals surface area contributed by atoms with Crippen LogP contribution in [0.1, 0.15) is 269 Å². The Bertz CT molecular complexity index is 4580. The zero-order chi connectivity index (χ0) is 72.3. The van der Waals surface area contributed by atoms with Crippen molar-refractivity contribution in [3.05, 3.63) is 174 Å². The molecule has 8 aromatic rings. The van der Waals surface area contributed by atoms with Crippen LogP contribution in [0.3, 0.4) is 0 Å². The first kappa shape index (κ1) is 73.3. The minimum atomic E-state index is -1.92. The molecule has 8 aromatic carbocycles. The molecule has 0 unspecified atom stereocenters.